The summed E-state index contributed by atoms with van der Waals surface area (Å²) in [6, 6.07) is 17.5. The molecule has 114 valence electrons. The topological polar surface area (TPSA) is 26.7 Å². The van der Waals surface area contributed by atoms with Crippen LogP contribution in [0.15, 0.2) is 48.5 Å². The Hall–Kier alpha value is -1.84. The average molecular weight is 294 g/mol. The van der Waals surface area contributed by atoms with Crippen molar-refractivity contribution in [2.24, 2.45) is 0 Å². The van der Waals surface area contributed by atoms with Gasteiger partial charge in [-0.15, -0.1) is 0 Å². The fourth-order valence-electron chi connectivity index (χ4n) is 3.99. The Morgan fingerprint density at radius 1 is 1.00 bits per heavy atom. The Kier molecular flexibility index (Phi) is 3.40. The first-order chi connectivity index (χ1) is 10.7. The Morgan fingerprint density at radius 3 is 2.64 bits per heavy atom. The minimum absolute atomic E-state index is 0.378. The number of nitrogens with zero attached hydrogens (tertiary/aromatic N) is 2. The van der Waals surface area contributed by atoms with Crippen molar-refractivity contribution < 1.29 is 5.11 Å². The molecule has 2 aromatic rings. The molecule has 2 aliphatic heterocycles. The Morgan fingerprint density at radius 2 is 1.82 bits per heavy atom. The molecule has 2 aromatic carbocycles. The van der Waals surface area contributed by atoms with E-state index in [1.165, 1.54) is 16.7 Å². The molecule has 22 heavy (non-hydrogen) atoms. The van der Waals surface area contributed by atoms with Crippen molar-refractivity contribution in [1.29, 1.82) is 0 Å². The first kappa shape index (κ1) is 13.8. The summed E-state index contributed by atoms with van der Waals surface area (Å²) in [5.41, 5.74) is 4.06. The summed E-state index contributed by atoms with van der Waals surface area (Å²) in [6.07, 6.45) is 0.980. The third kappa shape index (κ3) is 2.31. The molecule has 2 aliphatic rings. The molecule has 1 saturated heterocycles. The van der Waals surface area contributed by atoms with Gasteiger partial charge in [0.1, 0.15) is 5.75 Å². The molecule has 0 amide bonds. The van der Waals surface area contributed by atoms with Gasteiger partial charge in [0.25, 0.3) is 0 Å². The van der Waals surface area contributed by atoms with Crippen molar-refractivity contribution >= 4 is 0 Å². The van der Waals surface area contributed by atoms with Crippen molar-refractivity contribution in [2.45, 2.75) is 18.5 Å². The van der Waals surface area contributed by atoms with Crippen LogP contribution in [0.3, 0.4) is 0 Å². The average Bonchev–Trinajstić information content (AvgIpc) is 2.54. The number of phenols is 1. The van der Waals surface area contributed by atoms with Gasteiger partial charge in [-0.3, -0.25) is 4.90 Å². The highest BCUT2D eigenvalue weighted by Crippen LogP contribution is 2.42. The number of fused-ring (bicyclic) bond motifs is 3. The Labute approximate surface area is 131 Å². The van der Waals surface area contributed by atoms with Crippen LogP contribution < -0.4 is 0 Å². The zero-order chi connectivity index (χ0) is 15.1. The highest BCUT2D eigenvalue weighted by Gasteiger charge is 2.37. The molecule has 0 radical (unpaired) electrons. The summed E-state index contributed by atoms with van der Waals surface area (Å²) >= 11 is 0. The second-order valence-electron chi connectivity index (χ2n) is 6.53. The van der Waals surface area contributed by atoms with E-state index in [4.69, 9.17) is 0 Å². The molecule has 0 unspecified atom stereocenters. The number of benzene rings is 2. The van der Waals surface area contributed by atoms with E-state index >= 15 is 0 Å². The molecule has 4 rings (SSSR count). The van der Waals surface area contributed by atoms with Crippen molar-refractivity contribution in [3.63, 3.8) is 0 Å². The number of rotatable bonds is 1. The summed E-state index contributed by atoms with van der Waals surface area (Å²) in [7, 11) is 2.20. The van der Waals surface area contributed by atoms with Crippen LogP contribution in [-0.4, -0.2) is 41.6 Å². The van der Waals surface area contributed by atoms with Gasteiger partial charge < -0.3 is 10.0 Å². The van der Waals surface area contributed by atoms with E-state index in [0.29, 0.717) is 17.8 Å². The molecule has 2 atom stereocenters. The number of aromatic hydroxyl groups is 1. The molecular formula is C19H22N2O. The highest BCUT2D eigenvalue weighted by molar-refractivity contribution is 5.41. The predicted molar refractivity (Wildman–Crippen MR) is 87.9 cm³/mol. The predicted octanol–water partition coefficient (Wildman–Crippen LogP) is 2.98. The smallest absolute Gasteiger partial charge is 0.115 e. The van der Waals surface area contributed by atoms with Crippen molar-refractivity contribution in [1.82, 2.24) is 9.80 Å². The molecule has 0 spiro atoms. The minimum atomic E-state index is 0.378. The van der Waals surface area contributed by atoms with E-state index < -0.39 is 0 Å². The summed E-state index contributed by atoms with van der Waals surface area (Å²) in [4.78, 5) is 5.06. The number of likely N-dealkylation sites (N-methyl/N-ethyl adjacent to an activating group) is 1. The number of hydrogen-bond acceptors (Lipinski definition) is 3. The fourth-order valence-corrected chi connectivity index (χ4v) is 3.99. The molecule has 0 aromatic heterocycles. The minimum Gasteiger partial charge on any atom is -0.508 e. The summed E-state index contributed by atoms with van der Waals surface area (Å²) in [6.45, 7) is 3.27. The van der Waals surface area contributed by atoms with Crippen molar-refractivity contribution in [2.75, 3.05) is 26.7 Å². The molecule has 3 nitrogen and oxygen atoms in total. The van der Waals surface area contributed by atoms with E-state index in [1.54, 1.807) is 0 Å². The third-order valence-electron chi connectivity index (χ3n) is 5.11. The van der Waals surface area contributed by atoms with Gasteiger partial charge in [-0.25, -0.2) is 0 Å². The quantitative estimate of drug-likeness (QED) is 0.876. The van der Waals surface area contributed by atoms with Crippen molar-refractivity contribution in [3.05, 3.63) is 65.2 Å². The Bertz CT molecular complexity index is 670. The van der Waals surface area contributed by atoms with Crippen molar-refractivity contribution in [3.8, 4) is 5.75 Å². The third-order valence-corrected chi connectivity index (χ3v) is 5.11. The maximum absolute atomic E-state index is 9.87. The monoisotopic (exact) mass is 294 g/mol. The molecule has 0 saturated carbocycles. The van der Waals surface area contributed by atoms with Gasteiger partial charge in [-0.1, -0.05) is 36.4 Å². The van der Waals surface area contributed by atoms with E-state index in [1.807, 2.05) is 12.1 Å². The van der Waals surface area contributed by atoms with Crippen LogP contribution in [-0.2, 0) is 6.42 Å². The number of piperazine rings is 1. The van der Waals surface area contributed by atoms with E-state index in [2.05, 4.69) is 53.2 Å². The number of phenolic OH excluding ortho intramolecular Hbond substituents is 1. The molecular weight excluding hydrogens is 272 g/mol. The van der Waals surface area contributed by atoms with Gasteiger partial charge in [0, 0.05) is 31.7 Å². The van der Waals surface area contributed by atoms with Crippen LogP contribution in [0.25, 0.3) is 0 Å². The first-order valence-electron chi connectivity index (χ1n) is 8.03. The van der Waals surface area contributed by atoms with Crippen LogP contribution in [0.4, 0.5) is 0 Å². The van der Waals surface area contributed by atoms with E-state index in [9.17, 15) is 5.11 Å². The fraction of sp³-hybridized carbons (Fsp3) is 0.368. The molecule has 0 aliphatic carbocycles. The Balaban J connectivity index is 1.79. The molecule has 0 bridgehead atoms. The normalized spacial score (nSPS) is 25.5. The lowest BCUT2D eigenvalue weighted by Gasteiger charge is -2.48. The number of hydrogen-bond donors (Lipinski definition) is 1. The highest BCUT2D eigenvalue weighted by atomic mass is 16.3. The first-order valence-corrected chi connectivity index (χ1v) is 8.03. The summed E-state index contributed by atoms with van der Waals surface area (Å²) in [5.74, 6) is 0.378. The zero-order valence-corrected chi connectivity index (χ0v) is 12.9. The van der Waals surface area contributed by atoms with Crippen LogP contribution in [0.5, 0.6) is 5.75 Å². The van der Waals surface area contributed by atoms with Gasteiger partial charge in [-0.05, 0) is 42.3 Å². The SMILES string of the molecule is CN1CCN2[C@@H](c3ccccc3)Cc3cc(O)ccc3[C@@H]2C1. The molecule has 1 N–H and O–H groups in total. The second kappa shape index (κ2) is 5.41. The molecule has 3 heteroatoms. The van der Waals surface area contributed by atoms with Crippen LogP contribution in [0, 0.1) is 0 Å². The lowest BCUT2D eigenvalue weighted by Crippen LogP contribution is -2.50. The lowest BCUT2D eigenvalue weighted by atomic mass is 9.84. The van der Waals surface area contributed by atoms with Crippen LogP contribution >= 0.6 is 0 Å². The molecule has 1 fully saturated rings. The maximum Gasteiger partial charge on any atom is 0.115 e. The van der Waals surface area contributed by atoms with Crippen LogP contribution in [0.1, 0.15) is 28.8 Å². The second-order valence-corrected chi connectivity index (χ2v) is 6.53. The lowest BCUT2D eigenvalue weighted by molar-refractivity contribution is 0.0403. The van der Waals surface area contributed by atoms with E-state index in [-0.39, 0.29) is 0 Å². The maximum atomic E-state index is 9.87. The van der Waals surface area contributed by atoms with Gasteiger partial charge in [-0.2, -0.15) is 0 Å². The summed E-state index contributed by atoms with van der Waals surface area (Å²) < 4.78 is 0. The zero-order valence-electron chi connectivity index (χ0n) is 12.9. The largest absolute Gasteiger partial charge is 0.508 e. The van der Waals surface area contributed by atoms with E-state index in [0.717, 1.165) is 26.1 Å². The molecule has 2 heterocycles. The van der Waals surface area contributed by atoms with Gasteiger partial charge in [0.05, 0.1) is 0 Å². The summed E-state index contributed by atoms with van der Waals surface area (Å²) in [5, 5.41) is 9.87. The van der Waals surface area contributed by atoms with Crippen LogP contribution in [0.2, 0.25) is 0 Å². The van der Waals surface area contributed by atoms with Gasteiger partial charge in [0.15, 0.2) is 0 Å². The standard InChI is InChI=1S/C19H22N2O/c1-20-9-10-21-18(14-5-3-2-4-6-14)12-15-11-16(22)7-8-17(15)19(21)13-20/h2-8,11,18-19,22H,9-10,12-13H2,1H3/t18-,19+/m1/s1. The van der Waals surface area contributed by atoms with Gasteiger partial charge >= 0.3 is 0 Å². The van der Waals surface area contributed by atoms with Gasteiger partial charge in [0.2, 0.25) is 0 Å².